The number of fused-ring (bicyclic) bond motifs is 1. The van der Waals surface area contributed by atoms with Crippen molar-refractivity contribution in [2.24, 2.45) is 0 Å². The van der Waals surface area contributed by atoms with Crippen molar-refractivity contribution >= 4 is 42.3 Å². The van der Waals surface area contributed by atoms with E-state index in [1.807, 2.05) is 31.8 Å². The van der Waals surface area contributed by atoms with Crippen LogP contribution in [0.1, 0.15) is 36.1 Å². The fourth-order valence-electron chi connectivity index (χ4n) is 4.02. The molecule has 2 aromatic rings. The summed E-state index contributed by atoms with van der Waals surface area (Å²) in [6.07, 6.45) is 0. The van der Waals surface area contributed by atoms with Crippen molar-refractivity contribution in [1.82, 2.24) is 20.7 Å². The molecule has 0 saturated carbocycles. The van der Waals surface area contributed by atoms with Gasteiger partial charge in [-0.25, -0.2) is 9.40 Å². The minimum atomic E-state index is -0.288. The van der Waals surface area contributed by atoms with Crippen LogP contribution in [0, 0.1) is 24.1 Å². The van der Waals surface area contributed by atoms with Crippen molar-refractivity contribution in [2.75, 3.05) is 38.1 Å². The molecule has 0 aromatic heterocycles. The van der Waals surface area contributed by atoms with Crippen LogP contribution >= 0.6 is 24.8 Å². The topological polar surface area (TPSA) is 91.7 Å². The van der Waals surface area contributed by atoms with Gasteiger partial charge in [0.2, 0.25) is 5.91 Å². The van der Waals surface area contributed by atoms with Crippen LogP contribution in [0.2, 0.25) is 0 Å². The lowest BCUT2D eigenvalue weighted by Crippen LogP contribution is -2.47. The number of likely N-dealkylation sites (N-methyl/N-ethyl adjacent to an activating group) is 1. The van der Waals surface area contributed by atoms with Crippen molar-refractivity contribution < 1.29 is 14.0 Å². The molecule has 37 heavy (non-hydrogen) atoms. The Hall–Kier alpha value is -2.74. The Morgan fingerprint density at radius 3 is 2.43 bits per heavy atom. The van der Waals surface area contributed by atoms with Gasteiger partial charge in [-0.2, -0.15) is 5.26 Å². The molecule has 0 fully saturated rings. The van der Waals surface area contributed by atoms with E-state index in [2.05, 4.69) is 16.7 Å². The van der Waals surface area contributed by atoms with E-state index in [0.29, 0.717) is 37.4 Å². The Balaban J connectivity index is 0.00000342. The van der Waals surface area contributed by atoms with Crippen molar-refractivity contribution in [1.29, 1.82) is 5.26 Å². The van der Waals surface area contributed by atoms with Gasteiger partial charge in [0.25, 0.3) is 5.91 Å². The summed E-state index contributed by atoms with van der Waals surface area (Å²) in [6, 6.07) is 12.3. The smallest absolute Gasteiger partial charge is 0.250 e. The van der Waals surface area contributed by atoms with Gasteiger partial charge in [-0.1, -0.05) is 26.0 Å². The maximum absolute atomic E-state index is 13.5. The maximum Gasteiger partial charge on any atom is 0.250 e. The molecule has 0 unspecified atom stereocenters. The zero-order valence-corrected chi connectivity index (χ0v) is 23.2. The summed E-state index contributed by atoms with van der Waals surface area (Å²) in [5.74, 6) is -0.668. The molecule has 8 nitrogen and oxygen atoms in total. The number of amides is 2. The molecule has 2 aromatic carbocycles. The number of rotatable bonds is 10. The molecular weight excluding hydrogens is 518 g/mol. The number of carbonyl (C=O) groups excluding carboxylic acids is 2. The first-order chi connectivity index (χ1) is 16.7. The van der Waals surface area contributed by atoms with E-state index in [1.54, 1.807) is 30.1 Å². The first-order valence-corrected chi connectivity index (χ1v) is 11.7. The molecule has 3 rings (SSSR count). The monoisotopic (exact) mass is 552 g/mol. The normalized spacial score (nSPS) is 12.2. The molecule has 0 spiro atoms. The Morgan fingerprint density at radius 2 is 1.76 bits per heavy atom. The molecule has 1 aliphatic heterocycles. The highest BCUT2D eigenvalue weighted by molar-refractivity contribution is 5.96. The summed E-state index contributed by atoms with van der Waals surface area (Å²) in [5, 5.41) is 18.9. The van der Waals surface area contributed by atoms with E-state index < -0.39 is 0 Å². The van der Waals surface area contributed by atoms with Gasteiger partial charge in [0.05, 0.1) is 24.7 Å². The van der Waals surface area contributed by atoms with Crippen LogP contribution < -0.4 is 15.5 Å². The van der Waals surface area contributed by atoms with Crippen molar-refractivity contribution in [3.8, 4) is 6.07 Å². The van der Waals surface area contributed by atoms with Gasteiger partial charge in [0.1, 0.15) is 5.82 Å². The third kappa shape index (κ3) is 8.66. The lowest BCUT2D eigenvalue weighted by molar-refractivity contribution is -0.145. The lowest BCUT2D eigenvalue weighted by atomic mass is 10.1. The fraction of sp³-hybridized carbons (Fsp3) is 0.423. The van der Waals surface area contributed by atoms with E-state index in [0.717, 1.165) is 16.7 Å². The summed E-state index contributed by atoms with van der Waals surface area (Å²) < 4.78 is 13.5. The van der Waals surface area contributed by atoms with Gasteiger partial charge >= 0.3 is 0 Å². The second-order valence-electron chi connectivity index (χ2n) is 9.02. The second-order valence-corrected chi connectivity index (χ2v) is 9.02. The molecular formula is C26H35Cl2FN6O2. The van der Waals surface area contributed by atoms with Crippen molar-refractivity contribution in [3.05, 3.63) is 64.5 Å². The zero-order chi connectivity index (χ0) is 25.5. The molecule has 2 N–H and O–H groups in total. The van der Waals surface area contributed by atoms with E-state index in [1.165, 1.54) is 17.1 Å². The molecule has 202 valence electrons. The summed E-state index contributed by atoms with van der Waals surface area (Å²) in [5.41, 5.74) is 3.93. The predicted octanol–water partition coefficient (Wildman–Crippen LogP) is 3.16. The number of hydrogen-bond donors (Lipinski definition) is 2. The van der Waals surface area contributed by atoms with Gasteiger partial charge in [-0.15, -0.1) is 24.8 Å². The molecule has 1 heterocycles. The molecule has 1 aliphatic rings. The Bertz CT molecular complexity index is 1120. The summed E-state index contributed by atoms with van der Waals surface area (Å²) >= 11 is 0. The quantitative estimate of drug-likeness (QED) is 0.470. The standard InChI is InChI=1S/C26H33FN6O2.2ClH/c1-18(2)30-9-10-33(24-11-20(13-28)6-5-19(24)3)26(35)15-29-14-25(34)31(4)32-16-21-7-8-23(27)12-22(21)17-32;;/h5-8,11-12,18,29-30H,9-10,14-17H2,1-4H3;2*1H. The maximum atomic E-state index is 13.5. The highest BCUT2D eigenvalue weighted by Gasteiger charge is 2.25. The number of nitriles is 1. The number of aryl methyl sites for hydroxylation is 1. The third-order valence-electron chi connectivity index (χ3n) is 6.03. The number of benzene rings is 2. The number of nitrogens with zero attached hydrogens (tertiary/aromatic N) is 4. The third-order valence-corrected chi connectivity index (χ3v) is 6.03. The van der Waals surface area contributed by atoms with Crippen LogP contribution in [0.4, 0.5) is 10.1 Å². The van der Waals surface area contributed by atoms with Crippen LogP contribution in [-0.4, -0.2) is 61.1 Å². The molecule has 0 radical (unpaired) electrons. The van der Waals surface area contributed by atoms with Gasteiger partial charge in [-0.05, 0) is 47.9 Å². The average molecular weight is 554 g/mol. The highest BCUT2D eigenvalue weighted by Crippen LogP contribution is 2.24. The Kier molecular flexibility index (Phi) is 13.0. The lowest BCUT2D eigenvalue weighted by Gasteiger charge is -2.28. The number of halogens is 3. The highest BCUT2D eigenvalue weighted by atomic mass is 35.5. The number of anilines is 1. The molecule has 2 amide bonds. The molecule has 0 atom stereocenters. The van der Waals surface area contributed by atoms with Gasteiger partial charge < -0.3 is 10.2 Å². The van der Waals surface area contributed by atoms with Crippen LogP contribution in [0.5, 0.6) is 0 Å². The van der Waals surface area contributed by atoms with Crippen LogP contribution in [0.15, 0.2) is 36.4 Å². The number of nitrogens with one attached hydrogen (secondary N) is 2. The Labute approximate surface area is 230 Å². The van der Waals surface area contributed by atoms with Crippen LogP contribution in [0.3, 0.4) is 0 Å². The van der Waals surface area contributed by atoms with E-state index >= 15 is 0 Å². The summed E-state index contributed by atoms with van der Waals surface area (Å²) in [4.78, 5) is 27.5. The first-order valence-electron chi connectivity index (χ1n) is 11.7. The minimum absolute atomic E-state index is 0. The van der Waals surface area contributed by atoms with E-state index in [4.69, 9.17) is 0 Å². The van der Waals surface area contributed by atoms with Crippen molar-refractivity contribution in [2.45, 2.75) is 39.9 Å². The second kappa shape index (κ2) is 14.9. The minimum Gasteiger partial charge on any atom is -0.313 e. The van der Waals surface area contributed by atoms with Gasteiger partial charge in [-0.3, -0.25) is 19.9 Å². The zero-order valence-electron chi connectivity index (χ0n) is 21.6. The van der Waals surface area contributed by atoms with E-state index in [9.17, 15) is 19.2 Å². The largest absolute Gasteiger partial charge is 0.313 e. The fourth-order valence-corrected chi connectivity index (χ4v) is 4.02. The van der Waals surface area contributed by atoms with Crippen LogP contribution in [-0.2, 0) is 22.7 Å². The molecule has 0 aliphatic carbocycles. The molecule has 0 saturated heterocycles. The Morgan fingerprint density at radius 1 is 1.08 bits per heavy atom. The SMILES string of the molecule is Cc1ccc(C#N)cc1N(CCNC(C)C)C(=O)CNCC(=O)N(C)N1Cc2ccc(F)cc2C1.Cl.Cl. The van der Waals surface area contributed by atoms with Gasteiger partial charge in [0.15, 0.2) is 0 Å². The number of hydrazine groups is 1. The van der Waals surface area contributed by atoms with Gasteiger partial charge in [0, 0.05) is 45.0 Å². The predicted molar refractivity (Wildman–Crippen MR) is 147 cm³/mol. The first kappa shape index (κ1) is 32.3. The number of carbonyl (C=O) groups is 2. The molecule has 0 bridgehead atoms. The molecule has 11 heteroatoms. The van der Waals surface area contributed by atoms with E-state index in [-0.39, 0.29) is 61.6 Å². The van der Waals surface area contributed by atoms with Crippen LogP contribution in [0.25, 0.3) is 0 Å². The average Bonchev–Trinajstić information content (AvgIpc) is 3.24. The summed E-state index contributed by atoms with van der Waals surface area (Å²) in [7, 11) is 1.68. The van der Waals surface area contributed by atoms with Crippen molar-refractivity contribution in [3.63, 3.8) is 0 Å². The summed E-state index contributed by atoms with van der Waals surface area (Å²) in [6.45, 7) is 7.95. The number of hydrogen-bond acceptors (Lipinski definition) is 6.